The molecule has 0 bridgehead atoms. The average Bonchev–Trinajstić information content (AvgIpc) is 3.26. The molecule has 156 valence electrons. The van der Waals surface area contributed by atoms with Gasteiger partial charge in [0.2, 0.25) is 12.7 Å². The zero-order chi connectivity index (χ0) is 20.8. The van der Waals surface area contributed by atoms with Gasteiger partial charge in [-0.2, -0.15) is 22.5 Å². The lowest BCUT2D eigenvalue weighted by Crippen LogP contribution is -2.57. The number of hydrogen-bond acceptors (Lipinski definition) is 6. The first-order chi connectivity index (χ1) is 13.7. The molecule has 4 rings (SSSR count). The summed E-state index contributed by atoms with van der Waals surface area (Å²) in [5.74, 6) is 0.936. The molecule has 10 nitrogen and oxygen atoms in total. The van der Waals surface area contributed by atoms with Crippen LogP contribution in [0.3, 0.4) is 0 Å². The summed E-state index contributed by atoms with van der Waals surface area (Å²) in [5.41, 5.74) is 2.32. The van der Waals surface area contributed by atoms with Gasteiger partial charge in [-0.05, 0) is 31.0 Å². The normalized spacial score (nSPS) is 23.1. The van der Waals surface area contributed by atoms with Crippen LogP contribution in [0.2, 0.25) is 0 Å². The third kappa shape index (κ3) is 3.80. The molecule has 1 amide bonds. The van der Waals surface area contributed by atoms with E-state index < -0.39 is 22.3 Å². The number of carbonyl (C=O) groups excluding carboxylic acids is 1. The van der Waals surface area contributed by atoms with Crippen molar-refractivity contribution in [3.05, 3.63) is 41.2 Å². The first-order valence-corrected chi connectivity index (χ1v) is 10.6. The number of aryl methyl sites for hydroxylation is 2. The van der Waals surface area contributed by atoms with E-state index in [1.54, 1.807) is 30.1 Å². The minimum absolute atomic E-state index is 0.179. The Morgan fingerprint density at radius 3 is 2.79 bits per heavy atom. The minimum atomic E-state index is -3.80. The van der Waals surface area contributed by atoms with Crippen molar-refractivity contribution in [3.8, 4) is 11.5 Å². The molecule has 1 aromatic carbocycles. The van der Waals surface area contributed by atoms with E-state index in [1.165, 1.54) is 7.05 Å². The van der Waals surface area contributed by atoms with Gasteiger partial charge in [-0.1, -0.05) is 6.07 Å². The second-order valence-corrected chi connectivity index (χ2v) is 8.95. The summed E-state index contributed by atoms with van der Waals surface area (Å²) in [6.45, 7) is 2.25. The molecular weight excluding hydrogens is 398 g/mol. The molecule has 1 saturated heterocycles. The molecule has 2 aromatic rings. The lowest BCUT2D eigenvalue weighted by molar-refractivity contribution is -0.125. The van der Waals surface area contributed by atoms with E-state index in [9.17, 15) is 13.2 Å². The number of amides is 1. The smallest absolute Gasteiger partial charge is 0.280 e. The highest BCUT2D eigenvalue weighted by molar-refractivity contribution is 7.87. The molecular formula is C18H23N5O5S. The quantitative estimate of drug-likeness (QED) is 0.736. The first kappa shape index (κ1) is 19.7. The Morgan fingerprint density at radius 1 is 1.31 bits per heavy atom. The maximum Gasteiger partial charge on any atom is 0.280 e. The fourth-order valence-corrected chi connectivity index (χ4v) is 4.90. The van der Waals surface area contributed by atoms with Gasteiger partial charge in [0.05, 0.1) is 11.7 Å². The van der Waals surface area contributed by atoms with Crippen molar-refractivity contribution in [3.63, 3.8) is 0 Å². The van der Waals surface area contributed by atoms with Gasteiger partial charge in [-0.25, -0.2) is 0 Å². The molecule has 11 heteroatoms. The molecule has 1 fully saturated rings. The summed E-state index contributed by atoms with van der Waals surface area (Å²) in [5, 5.41) is 7.10. The van der Waals surface area contributed by atoms with Gasteiger partial charge in [-0.3, -0.25) is 9.48 Å². The Kier molecular flexibility index (Phi) is 4.97. The average molecular weight is 421 g/mol. The SMILES string of the molecule is Cc1nn(C)cc1[C@@H]1C[C@H](C(=O)NCc2ccc3c(c2)OCO3)N(C)S(=O)(=O)N1. The van der Waals surface area contributed by atoms with E-state index in [1.807, 2.05) is 13.0 Å². The molecule has 0 spiro atoms. The lowest BCUT2D eigenvalue weighted by Gasteiger charge is -2.36. The van der Waals surface area contributed by atoms with E-state index in [2.05, 4.69) is 15.1 Å². The fourth-order valence-electron chi connectivity index (χ4n) is 3.63. The zero-order valence-electron chi connectivity index (χ0n) is 16.4. The third-order valence-corrected chi connectivity index (χ3v) is 6.80. The summed E-state index contributed by atoms with van der Waals surface area (Å²) in [6.07, 6.45) is 2.07. The van der Waals surface area contributed by atoms with Crippen LogP contribution in [0, 0.1) is 6.92 Å². The van der Waals surface area contributed by atoms with Crippen molar-refractivity contribution >= 4 is 16.1 Å². The van der Waals surface area contributed by atoms with E-state index in [0.717, 1.165) is 21.1 Å². The summed E-state index contributed by atoms with van der Waals surface area (Å²) < 4.78 is 41.1. The lowest BCUT2D eigenvalue weighted by atomic mass is 10.00. The highest BCUT2D eigenvalue weighted by Crippen LogP contribution is 2.33. The van der Waals surface area contributed by atoms with E-state index in [4.69, 9.17) is 9.47 Å². The number of nitrogens with one attached hydrogen (secondary N) is 2. The minimum Gasteiger partial charge on any atom is -0.454 e. The maximum absolute atomic E-state index is 12.8. The molecule has 2 aliphatic heterocycles. The molecule has 2 N–H and O–H groups in total. The van der Waals surface area contributed by atoms with Gasteiger partial charge in [0.1, 0.15) is 6.04 Å². The second kappa shape index (κ2) is 7.32. The molecule has 0 radical (unpaired) electrons. The first-order valence-electron chi connectivity index (χ1n) is 9.16. The topological polar surface area (TPSA) is 115 Å². The summed E-state index contributed by atoms with van der Waals surface area (Å²) >= 11 is 0. The molecule has 0 unspecified atom stereocenters. The standard InChI is InChI=1S/C18H23N5O5S/c1-11-13(9-22(2)20-11)14-7-15(23(3)29(25,26)21-14)18(24)19-8-12-4-5-16-17(6-12)28-10-27-16/h4-6,9,14-15,21H,7-8,10H2,1-3H3,(H,19,24)/t14-,15+/m0/s1. The van der Waals surface area contributed by atoms with Gasteiger partial charge in [0, 0.05) is 32.4 Å². The molecule has 2 aliphatic rings. The van der Waals surface area contributed by atoms with Gasteiger partial charge in [0.25, 0.3) is 10.2 Å². The Hall–Kier alpha value is -2.63. The van der Waals surface area contributed by atoms with E-state index in [0.29, 0.717) is 17.9 Å². The maximum atomic E-state index is 12.8. The largest absolute Gasteiger partial charge is 0.454 e. The molecule has 0 aliphatic carbocycles. The Morgan fingerprint density at radius 2 is 2.07 bits per heavy atom. The number of carbonyl (C=O) groups is 1. The zero-order valence-corrected chi connectivity index (χ0v) is 17.2. The highest BCUT2D eigenvalue weighted by Gasteiger charge is 2.41. The van der Waals surface area contributed by atoms with Crippen molar-refractivity contribution in [1.82, 2.24) is 24.1 Å². The van der Waals surface area contributed by atoms with Crippen LogP contribution in [0.1, 0.15) is 29.3 Å². The van der Waals surface area contributed by atoms with Crippen molar-refractivity contribution < 1.29 is 22.7 Å². The number of aromatic nitrogens is 2. The summed E-state index contributed by atoms with van der Waals surface area (Å²) in [4.78, 5) is 12.8. The Balaban J connectivity index is 1.49. The van der Waals surface area contributed by atoms with Crippen LogP contribution >= 0.6 is 0 Å². The number of hydrogen-bond donors (Lipinski definition) is 2. The fraction of sp³-hybridized carbons (Fsp3) is 0.444. The van der Waals surface area contributed by atoms with Crippen LogP contribution in [0.4, 0.5) is 0 Å². The Bertz CT molecular complexity index is 1050. The summed E-state index contributed by atoms with van der Waals surface area (Å²) in [6, 6.07) is 4.06. The van der Waals surface area contributed by atoms with Crippen LogP contribution in [0.15, 0.2) is 24.4 Å². The van der Waals surface area contributed by atoms with Crippen LogP contribution in [0.5, 0.6) is 11.5 Å². The van der Waals surface area contributed by atoms with Crippen molar-refractivity contribution in [2.24, 2.45) is 7.05 Å². The number of likely N-dealkylation sites (N-methyl/N-ethyl adjacent to an activating group) is 1. The van der Waals surface area contributed by atoms with Crippen molar-refractivity contribution in [1.29, 1.82) is 0 Å². The number of benzene rings is 1. The third-order valence-electron chi connectivity index (χ3n) is 5.20. The van der Waals surface area contributed by atoms with Crippen LogP contribution < -0.4 is 19.5 Å². The number of fused-ring (bicyclic) bond motifs is 1. The van der Waals surface area contributed by atoms with Crippen LogP contribution in [-0.4, -0.2) is 48.3 Å². The van der Waals surface area contributed by atoms with Gasteiger partial charge >= 0.3 is 0 Å². The Labute approximate surface area is 169 Å². The molecule has 2 atom stereocenters. The number of ether oxygens (including phenoxy) is 2. The van der Waals surface area contributed by atoms with Crippen LogP contribution in [0.25, 0.3) is 0 Å². The molecule has 29 heavy (non-hydrogen) atoms. The van der Waals surface area contributed by atoms with E-state index >= 15 is 0 Å². The number of rotatable bonds is 4. The summed E-state index contributed by atoms with van der Waals surface area (Å²) in [7, 11) is -0.627. The predicted molar refractivity (Wildman–Crippen MR) is 103 cm³/mol. The second-order valence-electron chi connectivity index (χ2n) is 7.19. The van der Waals surface area contributed by atoms with Gasteiger partial charge in [0.15, 0.2) is 11.5 Å². The van der Waals surface area contributed by atoms with Gasteiger partial charge in [-0.15, -0.1) is 0 Å². The predicted octanol–water partition coefficient (Wildman–Crippen LogP) is 0.353. The highest BCUT2D eigenvalue weighted by atomic mass is 32.2. The number of nitrogens with zero attached hydrogens (tertiary/aromatic N) is 3. The molecule has 0 saturated carbocycles. The van der Waals surface area contributed by atoms with Crippen molar-refractivity contribution in [2.75, 3.05) is 13.8 Å². The molecule has 3 heterocycles. The van der Waals surface area contributed by atoms with Crippen LogP contribution in [-0.2, 0) is 28.6 Å². The van der Waals surface area contributed by atoms with Gasteiger partial charge < -0.3 is 14.8 Å². The monoisotopic (exact) mass is 421 g/mol. The van der Waals surface area contributed by atoms with E-state index in [-0.39, 0.29) is 19.2 Å². The molecule has 1 aromatic heterocycles. The van der Waals surface area contributed by atoms with Crippen molar-refractivity contribution in [2.45, 2.75) is 32.0 Å².